The van der Waals surface area contributed by atoms with Gasteiger partial charge in [0, 0.05) is 0 Å². The van der Waals surface area contributed by atoms with E-state index < -0.39 is 0 Å². The minimum atomic E-state index is 0.854. The van der Waals surface area contributed by atoms with Crippen molar-refractivity contribution in [3.8, 4) is 0 Å². The molecule has 74 valence electrons. The van der Waals surface area contributed by atoms with Gasteiger partial charge in [0.1, 0.15) is 4.34 Å². The average molecular weight is 223 g/mol. The highest BCUT2D eigenvalue weighted by Gasteiger charge is 2.01. The lowest BCUT2D eigenvalue weighted by Gasteiger charge is -1.98. The van der Waals surface area contributed by atoms with Crippen LogP contribution in [0.15, 0.2) is 22.5 Å². The van der Waals surface area contributed by atoms with E-state index in [1.165, 1.54) is 23.1 Å². The summed E-state index contributed by atoms with van der Waals surface area (Å²) in [5.74, 6) is 0. The summed E-state index contributed by atoms with van der Waals surface area (Å²) in [4.78, 5) is 4.36. The zero-order valence-corrected chi connectivity index (χ0v) is 9.87. The van der Waals surface area contributed by atoms with Gasteiger partial charge in [0.05, 0.1) is 10.2 Å². The van der Waals surface area contributed by atoms with Crippen LogP contribution in [0.2, 0.25) is 0 Å². The van der Waals surface area contributed by atoms with Gasteiger partial charge in [0.2, 0.25) is 0 Å². The lowest BCUT2D eigenvalue weighted by atomic mass is 10.1. The molecule has 2 aromatic rings. The first kappa shape index (κ1) is 9.99. The number of hydrogen-bond acceptors (Lipinski definition) is 3. The van der Waals surface area contributed by atoms with Crippen LogP contribution in [-0.2, 0) is 6.42 Å². The smallest absolute Gasteiger partial charge is 0.148 e. The van der Waals surface area contributed by atoms with E-state index in [1.807, 2.05) is 0 Å². The molecule has 1 heterocycles. The summed E-state index contributed by atoms with van der Waals surface area (Å²) in [6.07, 6.45) is 3.65. The second-order valence-electron chi connectivity index (χ2n) is 3.40. The summed E-state index contributed by atoms with van der Waals surface area (Å²) in [5.41, 5.74) is 2.48. The molecule has 0 fully saturated rings. The normalized spacial score (nSPS) is 11.0. The van der Waals surface area contributed by atoms with Crippen molar-refractivity contribution in [2.45, 2.75) is 30.5 Å². The highest BCUT2D eigenvalue weighted by molar-refractivity contribution is 7.82. The molecule has 0 saturated carbocycles. The Morgan fingerprint density at radius 2 is 2.29 bits per heavy atom. The fourth-order valence-electron chi connectivity index (χ4n) is 1.50. The number of aromatic nitrogens is 1. The molecule has 3 heteroatoms. The number of fused-ring (bicyclic) bond motifs is 1. The molecule has 2 rings (SSSR count). The van der Waals surface area contributed by atoms with E-state index in [0.29, 0.717) is 0 Å². The van der Waals surface area contributed by atoms with E-state index in [-0.39, 0.29) is 0 Å². The predicted molar refractivity (Wildman–Crippen MR) is 65.5 cm³/mol. The quantitative estimate of drug-likeness (QED) is 0.778. The monoisotopic (exact) mass is 223 g/mol. The Morgan fingerprint density at radius 1 is 1.43 bits per heavy atom. The molecule has 14 heavy (non-hydrogen) atoms. The Hall–Kier alpha value is -0.540. The molecule has 0 radical (unpaired) electrons. The number of aryl methyl sites for hydroxylation is 1. The molecule has 0 unspecified atom stereocenters. The van der Waals surface area contributed by atoms with Crippen molar-refractivity contribution in [1.82, 2.24) is 4.98 Å². The van der Waals surface area contributed by atoms with Gasteiger partial charge in [-0.1, -0.05) is 19.4 Å². The Morgan fingerprint density at radius 3 is 3.07 bits per heavy atom. The van der Waals surface area contributed by atoms with E-state index >= 15 is 0 Å². The first-order valence-electron chi connectivity index (χ1n) is 4.88. The van der Waals surface area contributed by atoms with Crippen LogP contribution in [0.4, 0.5) is 0 Å². The third-order valence-corrected chi connectivity index (χ3v) is 3.47. The fourth-order valence-corrected chi connectivity index (χ4v) is 2.59. The minimum absolute atomic E-state index is 0.854. The van der Waals surface area contributed by atoms with Crippen molar-refractivity contribution < 1.29 is 0 Å². The second kappa shape index (κ2) is 4.32. The number of hydrogen-bond donors (Lipinski definition) is 1. The SMILES string of the molecule is CCCCc1ccc2sc(S)nc2c1. The number of rotatable bonds is 3. The first-order chi connectivity index (χ1) is 6.79. The summed E-state index contributed by atoms with van der Waals surface area (Å²) in [6.45, 7) is 2.22. The molecule has 0 atom stereocenters. The minimum Gasteiger partial charge on any atom is -0.230 e. The number of thiazole rings is 1. The van der Waals surface area contributed by atoms with Gasteiger partial charge in [-0.25, -0.2) is 4.98 Å². The Labute approximate surface area is 93.6 Å². The Bertz CT molecular complexity index is 434. The molecule has 0 saturated heterocycles. The van der Waals surface area contributed by atoms with E-state index in [4.69, 9.17) is 0 Å². The number of thiol groups is 1. The maximum absolute atomic E-state index is 4.36. The number of nitrogens with zero attached hydrogens (tertiary/aromatic N) is 1. The van der Waals surface area contributed by atoms with Gasteiger partial charge in [-0.2, -0.15) is 0 Å². The predicted octanol–water partition coefficient (Wildman–Crippen LogP) is 3.93. The lowest BCUT2D eigenvalue weighted by Crippen LogP contribution is -1.83. The lowest BCUT2D eigenvalue weighted by molar-refractivity contribution is 0.796. The van der Waals surface area contributed by atoms with Gasteiger partial charge in [-0.15, -0.1) is 24.0 Å². The topological polar surface area (TPSA) is 12.9 Å². The first-order valence-corrected chi connectivity index (χ1v) is 6.14. The maximum atomic E-state index is 4.36. The highest BCUT2D eigenvalue weighted by atomic mass is 32.2. The molecule has 1 aromatic heterocycles. The van der Waals surface area contributed by atoms with Crippen molar-refractivity contribution in [3.63, 3.8) is 0 Å². The van der Waals surface area contributed by atoms with E-state index in [0.717, 1.165) is 16.3 Å². The van der Waals surface area contributed by atoms with Crippen LogP contribution in [0.3, 0.4) is 0 Å². The molecule has 1 aromatic carbocycles. The molecular weight excluding hydrogens is 210 g/mol. The largest absolute Gasteiger partial charge is 0.230 e. The van der Waals surface area contributed by atoms with Gasteiger partial charge in [-0.3, -0.25) is 0 Å². The molecule has 0 aliphatic carbocycles. The number of benzene rings is 1. The van der Waals surface area contributed by atoms with Crippen LogP contribution < -0.4 is 0 Å². The molecule has 0 spiro atoms. The second-order valence-corrected chi connectivity index (χ2v) is 5.16. The summed E-state index contributed by atoms with van der Waals surface area (Å²) in [5, 5.41) is 0. The molecule has 0 amide bonds. The average Bonchev–Trinajstić information content (AvgIpc) is 2.54. The third-order valence-electron chi connectivity index (χ3n) is 2.26. The molecule has 0 N–H and O–H groups in total. The zero-order chi connectivity index (χ0) is 9.97. The van der Waals surface area contributed by atoms with Crippen molar-refractivity contribution >= 4 is 34.2 Å². The van der Waals surface area contributed by atoms with Gasteiger partial charge < -0.3 is 0 Å². The third kappa shape index (κ3) is 2.10. The molecular formula is C11H13NS2. The summed E-state index contributed by atoms with van der Waals surface area (Å²) in [6, 6.07) is 6.53. The maximum Gasteiger partial charge on any atom is 0.148 e. The van der Waals surface area contributed by atoms with Gasteiger partial charge in [-0.05, 0) is 30.5 Å². The molecule has 0 aliphatic rings. The van der Waals surface area contributed by atoms with Crippen molar-refractivity contribution in [1.29, 1.82) is 0 Å². The standard InChI is InChI=1S/C11H13NS2/c1-2-3-4-8-5-6-10-9(7-8)12-11(13)14-10/h5-7H,2-4H2,1H3,(H,12,13). The Balaban J connectivity index is 2.31. The summed E-state index contributed by atoms with van der Waals surface area (Å²) in [7, 11) is 0. The van der Waals surface area contributed by atoms with Crippen LogP contribution in [0.5, 0.6) is 0 Å². The molecule has 0 bridgehead atoms. The van der Waals surface area contributed by atoms with Gasteiger partial charge in [0.25, 0.3) is 0 Å². The highest BCUT2D eigenvalue weighted by Crippen LogP contribution is 2.25. The van der Waals surface area contributed by atoms with Crippen LogP contribution >= 0.6 is 24.0 Å². The van der Waals surface area contributed by atoms with E-state index in [9.17, 15) is 0 Å². The van der Waals surface area contributed by atoms with E-state index in [1.54, 1.807) is 11.3 Å². The fraction of sp³-hybridized carbons (Fsp3) is 0.364. The van der Waals surface area contributed by atoms with Crippen LogP contribution in [-0.4, -0.2) is 4.98 Å². The van der Waals surface area contributed by atoms with Crippen molar-refractivity contribution in [2.24, 2.45) is 0 Å². The zero-order valence-electron chi connectivity index (χ0n) is 8.16. The van der Waals surface area contributed by atoms with E-state index in [2.05, 4.69) is 42.7 Å². The van der Waals surface area contributed by atoms with Crippen LogP contribution in [0.1, 0.15) is 25.3 Å². The Kier molecular flexibility index (Phi) is 3.08. The molecule has 0 aliphatic heterocycles. The van der Waals surface area contributed by atoms with Gasteiger partial charge >= 0.3 is 0 Å². The van der Waals surface area contributed by atoms with Gasteiger partial charge in [0.15, 0.2) is 0 Å². The molecule has 1 nitrogen and oxygen atoms in total. The summed E-state index contributed by atoms with van der Waals surface area (Å²) >= 11 is 5.89. The van der Waals surface area contributed by atoms with Crippen LogP contribution in [0, 0.1) is 0 Å². The summed E-state index contributed by atoms with van der Waals surface area (Å²) < 4.78 is 2.09. The van der Waals surface area contributed by atoms with Crippen molar-refractivity contribution in [2.75, 3.05) is 0 Å². The van der Waals surface area contributed by atoms with Crippen molar-refractivity contribution in [3.05, 3.63) is 23.8 Å². The van der Waals surface area contributed by atoms with Crippen LogP contribution in [0.25, 0.3) is 10.2 Å². The number of unbranched alkanes of at least 4 members (excludes halogenated alkanes) is 1.